The summed E-state index contributed by atoms with van der Waals surface area (Å²) in [5.41, 5.74) is 3.10. The van der Waals surface area contributed by atoms with Gasteiger partial charge in [-0.3, -0.25) is 4.79 Å². The molecule has 0 saturated heterocycles. The summed E-state index contributed by atoms with van der Waals surface area (Å²) in [5.74, 6) is -0.170. The van der Waals surface area contributed by atoms with Gasteiger partial charge in [0, 0.05) is 12.7 Å². The van der Waals surface area contributed by atoms with Crippen molar-refractivity contribution in [2.45, 2.75) is 13.5 Å². The van der Waals surface area contributed by atoms with Gasteiger partial charge < -0.3 is 9.88 Å². The van der Waals surface area contributed by atoms with Crippen molar-refractivity contribution in [3.63, 3.8) is 0 Å². The number of pyridine rings is 1. The average Bonchev–Trinajstić information content (AvgIpc) is 2.44. The summed E-state index contributed by atoms with van der Waals surface area (Å²) in [5, 5.41) is 2.81. The Balaban J connectivity index is 0.00000220. The second-order valence-corrected chi connectivity index (χ2v) is 4.71. The minimum absolute atomic E-state index is 0. The van der Waals surface area contributed by atoms with Crippen LogP contribution < -0.4 is 10.8 Å². The highest BCUT2D eigenvalue weighted by Crippen LogP contribution is 2.04. The number of hydrogen-bond donors (Lipinski definition) is 1. The lowest BCUT2D eigenvalue weighted by molar-refractivity contribution is -0.117. The number of aromatic nitrogens is 1. The van der Waals surface area contributed by atoms with Gasteiger partial charge in [-0.15, -0.1) is 12.4 Å². The fraction of sp³-hybridized carbons (Fsp3) is 0.250. The molecule has 0 radical (unpaired) electrons. The van der Waals surface area contributed by atoms with Crippen LogP contribution in [0, 0.1) is 6.92 Å². The lowest BCUT2D eigenvalue weighted by Crippen LogP contribution is -2.25. The van der Waals surface area contributed by atoms with E-state index in [9.17, 15) is 4.79 Å². The van der Waals surface area contributed by atoms with E-state index in [1.165, 1.54) is 11.1 Å². The van der Waals surface area contributed by atoms with E-state index in [2.05, 4.69) is 41.5 Å². The Morgan fingerprint density at radius 3 is 2.57 bits per heavy atom. The van der Waals surface area contributed by atoms with Crippen molar-refractivity contribution >= 4 is 18.3 Å². The summed E-state index contributed by atoms with van der Waals surface area (Å²) in [4.78, 5) is 15.7. The number of amides is 1. The molecule has 112 valence electrons. The zero-order chi connectivity index (χ0) is 14.4. The molecule has 0 aliphatic heterocycles. The minimum Gasteiger partial charge on any atom is -0.328 e. The molecule has 2 rings (SSSR count). The molecule has 0 aliphatic carbocycles. The van der Waals surface area contributed by atoms with Crippen LogP contribution in [0.3, 0.4) is 0 Å². The SMILES string of the molecule is CNCC(=O)N=c1ccccn1Cc1ccc(C)cc1.Cl. The van der Waals surface area contributed by atoms with E-state index in [-0.39, 0.29) is 24.9 Å². The van der Waals surface area contributed by atoms with E-state index in [0.717, 1.165) is 0 Å². The van der Waals surface area contributed by atoms with Crippen LogP contribution in [0.15, 0.2) is 53.7 Å². The predicted octanol–water partition coefficient (Wildman–Crippen LogP) is 1.91. The summed E-state index contributed by atoms with van der Waals surface area (Å²) < 4.78 is 1.97. The van der Waals surface area contributed by atoms with Gasteiger partial charge in [0.2, 0.25) is 0 Å². The molecule has 2 aromatic rings. The normalized spacial score (nSPS) is 11.0. The molecule has 4 nitrogen and oxygen atoms in total. The Kier molecular flexibility index (Phi) is 6.85. The first kappa shape index (κ1) is 17.1. The molecule has 1 aromatic carbocycles. The number of halogens is 1. The van der Waals surface area contributed by atoms with Gasteiger partial charge in [0.25, 0.3) is 5.91 Å². The third-order valence-electron chi connectivity index (χ3n) is 2.96. The van der Waals surface area contributed by atoms with E-state index in [1.807, 2.05) is 29.0 Å². The van der Waals surface area contributed by atoms with Crippen molar-refractivity contribution in [3.8, 4) is 0 Å². The van der Waals surface area contributed by atoms with Crippen molar-refractivity contribution in [1.82, 2.24) is 9.88 Å². The number of carbonyl (C=O) groups excluding carboxylic acids is 1. The van der Waals surface area contributed by atoms with E-state index in [1.54, 1.807) is 7.05 Å². The molecule has 0 unspecified atom stereocenters. The van der Waals surface area contributed by atoms with Gasteiger partial charge in [-0.2, -0.15) is 4.99 Å². The molecule has 0 bridgehead atoms. The molecule has 0 saturated carbocycles. The van der Waals surface area contributed by atoms with Crippen LogP contribution in [-0.4, -0.2) is 24.1 Å². The summed E-state index contributed by atoms with van der Waals surface area (Å²) in [6.45, 7) is 3.02. The van der Waals surface area contributed by atoms with Gasteiger partial charge in [-0.05, 0) is 31.7 Å². The minimum atomic E-state index is -0.170. The Morgan fingerprint density at radius 2 is 1.90 bits per heavy atom. The molecule has 0 fully saturated rings. The maximum atomic E-state index is 11.6. The number of carbonyl (C=O) groups is 1. The van der Waals surface area contributed by atoms with Crippen molar-refractivity contribution in [1.29, 1.82) is 0 Å². The summed E-state index contributed by atoms with van der Waals surface area (Å²) in [6.07, 6.45) is 1.94. The van der Waals surface area contributed by atoms with Gasteiger partial charge in [0.15, 0.2) is 0 Å². The third-order valence-corrected chi connectivity index (χ3v) is 2.96. The summed E-state index contributed by atoms with van der Waals surface area (Å²) in [6, 6.07) is 14.0. The van der Waals surface area contributed by atoms with Crippen molar-refractivity contribution in [2.75, 3.05) is 13.6 Å². The van der Waals surface area contributed by atoms with Crippen molar-refractivity contribution in [2.24, 2.45) is 4.99 Å². The first-order valence-electron chi connectivity index (χ1n) is 6.62. The Bertz CT molecular complexity index is 647. The predicted molar refractivity (Wildman–Crippen MR) is 86.5 cm³/mol. The third kappa shape index (κ3) is 5.17. The second kappa shape index (κ2) is 8.39. The molecule has 1 amide bonds. The van der Waals surface area contributed by atoms with Crippen LogP contribution in [0.5, 0.6) is 0 Å². The Morgan fingerprint density at radius 1 is 1.19 bits per heavy atom. The topological polar surface area (TPSA) is 46.4 Å². The fourth-order valence-electron chi connectivity index (χ4n) is 1.91. The van der Waals surface area contributed by atoms with Gasteiger partial charge in [0.1, 0.15) is 5.49 Å². The Hall–Kier alpha value is -1.91. The Labute approximate surface area is 131 Å². The van der Waals surface area contributed by atoms with Crippen LogP contribution in [0.2, 0.25) is 0 Å². The first-order chi connectivity index (χ1) is 9.69. The first-order valence-corrected chi connectivity index (χ1v) is 6.62. The number of nitrogens with one attached hydrogen (secondary N) is 1. The van der Waals surface area contributed by atoms with E-state index in [4.69, 9.17) is 0 Å². The molecule has 1 N–H and O–H groups in total. The fourth-order valence-corrected chi connectivity index (χ4v) is 1.91. The standard InChI is InChI=1S/C16H19N3O.ClH/c1-13-6-8-14(9-7-13)12-19-10-4-3-5-15(19)18-16(20)11-17-2;/h3-10,17H,11-12H2,1-2H3;1H. The number of aryl methyl sites for hydroxylation is 1. The summed E-state index contributed by atoms with van der Waals surface area (Å²) >= 11 is 0. The second-order valence-electron chi connectivity index (χ2n) is 4.71. The smallest absolute Gasteiger partial charge is 0.261 e. The van der Waals surface area contributed by atoms with Gasteiger partial charge >= 0.3 is 0 Å². The van der Waals surface area contributed by atoms with E-state index < -0.39 is 0 Å². The van der Waals surface area contributed by atoms with Crippen LogP contribution in [0.4, 0.5) is 0 Å². The molecule has 21 heavy (non-hydrogen) atoms. The number of benzene rings is 1. The molecule has 5 heteroatoms. The number of rotatable bonds is 4. The van der Waals surface area contributed by atoms with Crippen LogP contribution in [-0.2, 0) is 11.3 Å². The molecular formula is C16H20ClN3O. The van der Waals surface area contributed by atoms with Crippen LogP contribution in [0.1, 0.15) is 11.1 Å². The van der Waals surface area contributed by atoms with E-state index >= 15 is 0 Å². The monoisotopic (exact) mass is 305 g/mol. The zero-order valence-electron chi connectivity index (χ0n) is 12.2. The van der Waals surface area contributed by atoms with Gasteiger partial charge in [0.05, 0.1) is 6.54 Å². The van der Waals surface area contributed by atoms with Gasteiger partial charge in [-0.1, -0.05) is 35.9 Å². The van der Waals surface area contributed by atoms with Crippen LogP contribution in [0.25, 0.3) is 0 Å². The molecular weight excluding hydrogens is 286 g/mol. The maximum Gasteiger partial charge on any atom is 0.261 e. The maximum absolute atomic E-state index is 11.6. The molecule has 0 spiro atoms. The lowest BCUT2D eigenvalue weighted by atomic mass is 10.1. The van der Waals surface area contributed by atoms with E-state index in [0.29, 0.717) is 12.0 Å². The molecule has 1 aromatic heterocycles. The highest BCUT2D eigenvalue weighted by Gasteiger charge is 1.99. The highest BCUT2D eigenvalue weighted by molar-refractivity contribution is 5.85. The number of likely N-dealkylation sites (N-methyl/N-ethyl adjacent to an activating group) is 1. The van der Waals surface area contributed by atoms with Crippen molar-refractivity contribution in [3.05, 3.63) is 65.3 Å². The average molecular weight is 306 g/mol. The number of hydrogen-bond acceptors (Lipinski definition) is 2. The summed E-state index contributed by atoms with van der Waals surface area (Å²) in [7, 11) is 1.73. The highest BCUT2D eigenvalue weighted by atomic mass is 35.5. The quantitative estimate of drug-likeness (QED) is 0.938. The zero-order valence-corrected chi connectivity index (χ0v) is 13.1. The van der Waals surface area contributed by atoms with Crippen LogP contribution >= 0.6 is 12.4 Å². The van der Waals surface area contributed by atoms with Gasteiger partial charge in [-0.25, -0.2) is 0 Å². The molecule has 0 aliphatic rings. The lowest BCUT2D eigenvalue weighted by Gasteiger charge is -2.07. The van der Waals surface area contributed by atoms with Crippen molar-refractivity contribution < 1.29 is 4.79 Å². The largest absolute Gasteiger partial charge is 0.328 e. The molecule has 0 atom stereocenters. The number of nitrogens with zero attached hydrogens (tertiary/aromatic N) is 2. The molecule has 1 heterocycles.